The van der Waals surface area contributed by atoms with Gasteiger partial charge in [-0.3, -0.25) is 19.6 Å². The predicted octanol–water partition coefficient (Wildman–Crippen LogP) is 4.69. The van der Waals surface area contributed by atoms with Crippen LogP contribution >= 0.6 is 0 Å². The molecule has 1 aliphatic rings. The maximum absolute atomic E-state index is 13.4. The number of nitrogens with zero attached hydrogens (tertiary/aromatic N) is 2. The fraction of sp³-hybridized carbons (Fsp3) is 0.154. The van der Waals surface area contributed by atoms with E-state index in [1.54, 1.807) is 48.8 Å². The molecule has 0 saturated carbocycles. The van der Waals surface area contributed by atoms with Gasteiger partial charge in [-0.1, -0.05) is 18.2 Å². The molecule has 1 amide bonds. The standard InChI is InChI=1S/C25H18F3N3O3.CH2O2/c26-25(27,28)34-19-8-6-18(7-9-19)24(11-14-33-21-4-2-13-30-22(21)24)31-23(32)17-5-10-20-16(15-17)3-1-12-29-20;2-1-3/h1-10,12-13,15H,11,14H2,(H,31,32);1H,(H,2,3). The third-order valence-electron chi connectivity index (χ3n) is 5.68. The van der Waals surface area contributed by atoms with Crippen LogP contribution in [0.3, 0.4) is 0 Å². The molecule has 1 unspecified atom stereocenters. The molecule has 37 heavy (non-hydrogen) atoms. The van der Waals surface area contributed by atoms with Gasteiger partial charge in [0.25, 0.3) is 12.4 Å². The van der Waals surface area contributed by atoms with Gasteiger partial charge in [0, 0.05) is 29.8 Å². The average Bonchev–Trinajstić information content (AvgIpc) is 2.88. The smallest absolute Gasteiger partial charge is 0.491 e. The number of amides is 1. The minimum absolute atomic E-state index is 0.250. The molecular weight excluding hydrogens is 491 g/mol. The summed E-state index contributed by atoms with van der Waals surface area (Å²) >= 11 is 0. The molecule has 1 atom stereocenters. The number of pyridine rings is 2. The molecule has 190 valence electrons. The van der Waals surface area contributed by atoms with E-state index in [4.69, 9.17) is 14.6 Å². The Hall–Kier alpha value is -4.67. The van der Waals surface area contributed by atoms with Crippen LogP contribution in [0.2, 0.25) is 0 Å². The summed E-state index contributed by atoms with van der Waals surface area (Å²) in [4.78, 5) is 30.5. The second-order valence-corrected chi connectivity index (χ2v) is 7.90. The van der Waals surface area contributed by atoms with Gasteiger partial charge in [-0.25, -0.2) is 0 Å². The van der Waals surface area contributed by atoms with Crippen LogP contribution in [-0.4, -0.2) is 40.4 Å². The zero-order valence-corrected chi connectivity index (χ0v) is 19.1. The van der Waals surface area contributed by atoms with Gasteiger partial charge in [0.1, 0.15) is 22.7 Å². The summed E-state index contributed by atoms with van der Waals surface area (Å²) in [6.45, 7) is 0.0292. The number of carbonyl (C=O) groups excluding carboxylic acids is 1. The molecule has 8 nitrogen and oxygen atoms in total. The van der Waals surface area contributed by atoms with Gasteiger partial charge in [-0.15, -0.1) is 13.2 Å². The summed E-state index contributed by atoms with van der Waals surface area (Å²) in [6, 6.07) is 17.7. The Balaban J connectivity index is 0.00000102. The number of carbonyl (C=O) groups is 2. The molecule has 5 rings (SSSR count). The lowest BCUT2D eigenvalue weighted by atomic mass is 9.81. The molecular formula is C26H20F3N3O5. The third kappa shape index (κ3) is 5.61. The van der Waals surface area contributed by atoms with Gasteiger partial charge >= 0.3 is 6.36 Å². The second-order valence-electron chi connectivity index (χ2n) is 7.90. The van der Waals surface area contributed by atoms with Crippen molar-refractivity contribution in [1.82, 2.24) is 15.3 Å². The fourth-order valence-electron chi connectivity index (χ4n) is 4.16. The Morgan fingerprint density at radius 3 is 2.49 bits per heavy atom. The van der Waals surface area contributed by atoms with Crippen LogP contribution in [0.1, 0.15) is 28.0 Å². The van der Waals surface area contributed by atoms with Crippen LogP contribution in [-0.2, 0) is 10.3 Å². The molecule has 0 spiro atoms. The fourth-order valence-corrected chi connectivity index (χ4v) is 4.16. The van der Waals surface area contributed by atoms with E-state index in [-0.39, 0.29) is 24.7 Å². The molecule has 0 radical (unpaired) electrons. The minimum Gasteiger partial charge on any atom is -0.491 e. The summed E-state index contributed by atoms with van der Waals surface area (Å²) in [5, 5.41) is 10.8. The number of fused-ring (bicyclic) bond motifs is 2. The molecule has 2 N–H and O–H groups in total. The van der Waals surface area contributed by atoms with Crippen molar-refractivity contribution in [3.63, 3.8) is 0 Å². The number of ether oxygens (including phenoxy) is 2. The van der Waals surface area contributed by atoms with Crippen molar-refractivity contribution in [3.05, 3.63) is 95.9 Å². The highest BCUT2D eigenvalue weighted by atomic mass is 19.4. The predicted molar refractivity (Wildman–Crippen MR) is 126 cm³/mol. The van der Waals surface area contributed by atoms with Gasteiger partial charge in [0.2, 0.25) is 0 Å². The van der Waals surface area contributed by atoms with E-state index in [0.717, 1.165) is 10.9 Å². The van der Waals surface area contributed by atoms with Crippen LogP contribution in [0.4, 0.5) is 13.2 Å². The third-order valence-corrected chi connectivity index (χ3v) is 5.68. The summed E-state index contributed by atoms with van der Waals surface area (Å²) in [5.74, 6) is -0.222. The Kier molecular flexibility index (Phi) is 7.23. The normalized spacial score (nSPS) is 16.4. The van der Waals surface area contributed by atoms with Crippen molar-refractivity contribution < 1.29 is 37.3 Å². The number of halogens is 3. The lowest BCUT2D eigenvalue weighted by Gasteiger charge is -2.39. The first-order valence-electron chi connectivity index (χ1n) is 11.0. The van der Waals surface area contributed by atoms with Crippen LogP contribution in [0.15, 0.2) is 79.1 Å². The van der Waals surface area contributed by atoms with E-state index in [0.29, 0.717) is 29.0 Å². The highest BCUT2D eigenvalue weighted by molar-refractivity contribution is 5.98. The van der Waals surface area contributed by atoms with Crippen LogP contribution < -0.4 is 14.8 Å². The van der Waals surface area contributed by atoms with Crippen molar-refractivity contribution in [2.45, 2.75) is 18.3 Å². The molecule has 4 aromatic rings. The molecule has 2 aromatic carbocycles. The van der Waals surface area contributed by atoms with E-state index < -0.39 is 11.9 Å². The Labute approximate surface area is 208 Å². The number of hydrogen-bond donors (Lipinski definition) is 2. The lowest BCUT2D eigenvalue weighted by Crippen LogP contribution is -2.50. The van der Waals surface area contributed by atoms with Crippen LogP contribution in [0.25, 0.3) is 10.9 Å². The van der Waals surface area contributed by atoms with Gasteiger partial charge in [-0.05, 0) is 54.1 Å². The average molecular weight is 511 g/mol. The van der Waals surface area contributed by atoms with Crippen molar-refractivity contribution in [3.8, 4) is 11.5 Å². The first-order chi connectivity index (χ1) is 17.8. The first kappa shape index (κ1) is 25.4. The molecule has 3 heterocycles. The quantitative estimate of drug-likeness (QED) is 0.383. The minimum atomic E-state index is -4.80. The molecule has 2 aromatic heterocycles. The zero-order valence-electron chi connectivity index (χ0n) is 19.1. The van der Waals surface area contributed by atoms with Crippen molar-refractivity contribution in [2.75, 3.05) is 6.61 Å². The van der Waals surface area contributed by atoms with Gasteiger partial charge in [-0.2, -0.15) is 0 Å². The van der Waals surface area contributed by atoms with Crippen LogP contribution in [0, 0.1) is 0 Å². The van der Waals surface area contributed by atoms with Gasteiger partial charge < -0.3 is 19.9 Å². The highest BCUT2D eigenvalue weighted by Crippen LogP contribution is 2.41. The largest absolute Gasteiger partial charge is 0.573 e. The molecule has 0 fully saturated rings. The maximum atomic E-state index is 13.4. The topological polar surface area (TPSA) is 111 Å². The first-order valence-corrected chi connectivity index (χ1v) is 11.0. The van der Waals surface area contributed by atoms with E-state index in [9.17, 15) is 18.0 Å². The lowest BCUT2D eigenvalue weighted by molar-refractivity contribution is -0.274. The molecule has 11 heteroatoms. The number of carboxylic acid groups (broad SMARTS) is 1. The number of hydrogen-bond acceptors (Lipinski definition) is 6. The molecule has 0 aliphatic carbocycles. The van der Waals surface area contributed by atoms with E-state index in [1.165, 1.54) is 24.3 Å². The van der Waals surface area contributed by atoms with Crippen molar-refractivity contribution in [2.24, 2.45) is 0 Å². The summed E-state index contributed by atoms with van der Waals surface area (Å²) in [6.07, 6.45) is -1.21. The van der Waals surface area contributed by atoms with E-state index in [1.807, 2.05) is 6.07 Å². The van der Waals surface area contributed by atoms with Gasteiger partial charge in [0.15, 0.2) is 0 Å². The van der Waals surface area contributed by atoms with E-state index >= 15 is 0 Å². The molecule has 0 bridgehead atoms. The molecule has 1 aliphatic heterocycles. The Morgan fingerprint density at radius 1 is 1.05 bits per heavy atom. The zero-order chi connectivity index (χ0) is 26.5. The number of rotatable bonds is 4. The maximum Gasteiger partial charge on any atom is 0.573 e. The second kappa shape index (κ2) is 10.5. The number of aromatic nitrogens is 2. The van der Waals surface area contributed by atoms with E-state index in [2.05, 4.69) is 20.0 Å². The number of benzene rings is 2. The van der Waals surface area contributed by atoms with Gasteiger partial charge in [0.05, 0.1) is 12.1 Å². The van der Waals surface area contributed by atoms with Crippen LogP contribution in [0.5, 0.6) is 11.5 Å². The SMILES string of the molecule is O=C(NC1(c2ccc(OC(F)(F)F)cc2)CCOc2cccnc21)c1ccc2ncccc2c1.O=CO. The van der Waals surface area contributed by atoms with Crippen molar-refractivity contribution in [1.29, 1.82) is 0 Å². The number of nitrogens with one attached hydrogen (secondary N) is 1. The highest BCUT2D eigenvalue weighted by Gasteiger charge is 2.42. The molecule has 0 saturated heterocycles. The summed E-state index contributed by atoms with van der Waals surface area (Å²) in [7, 11) is 0. The summed E-state index contributed by atoms with van der Waals surface area (Å²) in [5.41, 5.74) is 1.09. The monoisotopic (exact) mass is 511 g/mol. The summed E-state index contributed by atoms with van der Waals surface area (Å²) < 4.78 is 47.6. The Morgan fingerprint density at radius 2 is 1.76 bits per heavy atom. The van der Waals surface area contributed by atoms with Crippen molar-refractivity contribution >= 4 is 23.3 Å². The number of alkyl halides is 3. The Bertz CT molecular complexity index is 1410.